The lowest BCUT2D eigenvalue weighted by atomic mass is 10.1. The van der Waals surface area contributed by atoms with E-state index in [1.54, 1.807) is 6.07 Å². The third kappa shape index (κ3) is 3.13. The highest BCUT2D eigenvalue weighted by molar-refractivity contribution is 7.90. The maximum atomic E-state index is 12.5. The molecule has 0 bridgehead atoms. The van der Waals surface area contributed by atoms with Gasteiger partial charge in [0.15, 0.2) is 0 Å². The Morgan fingerprint density at radius 1 is 1.35 bits per heavy atom. The summed E-state index contributed by atoms with van der Waals surface area (Å²) in [5, 5.41) is 9.36. The van der Waals surface area contributed by atoms with Gasteiger partial charge in [-0.25, -0.2) is 0 Å². The Hall–Kier alpha value is -1.11. The van der Waals surface area contributed by atoms with Crippen LogP contribution < -0.4 is 4.72 Å². The van der Waals surface area contributed by atoms with Gasteiger partial charge < -0.3 is 5.11 Å². The van der Waals surface area contributed by atoms with Gasteiger partial charge >= 0.3 is 10.2 Å². The molecule has 5 nitrogen and oxygen atoms in total. The quantitative estimate of drug-likeness (QED) is 0.890. The fourth-order valence-electron chi connectivity index (χ4n) is 2.53. The second-order valence-electron chi connectivity index (χ2n) is 5.30. The first-order valence-electron chi connectivity index (χ1n) is 6.92. The first kappa shape index (κ1) is 15.3. The molecular formula is C14H22N2O3S. The number of nitrogens with one attached hydrogen (secondary N) is 1. The molecule has 0 saturated carbocycles. The van der Waals surface area contributed by atoms with E-state index in [1.165, 1.54) is 4.31 Å². The molecule has 6 heteroatoms. The second-order valence-corrected chi connectivity index (χ2v) is 6.92. The number of hydrogen-bond acceptors (Lipinski definition) is 3. The number of piperidine rings is 1. The van der Waals surface area contributed by atoms with Crippen LogP contribution in [0.5, 0.6) is 0 Å². The Balaban J connectivity index is 2.24. The van der Waals surface area contributed by atoms with Gasteiger partial charge in [-0.1, -0.05) is 18.6 Å². The standard InChI is InChI=1S/C14H22N2O3S/c1-11-6-5-8-14(12(11)2)15-20(18,19)16-9-4-3-7-13(16)10-17/h5-6,8,13,15,17H,3-4,7,9-10H2,1-2H3. The highest BCUT2D eigenvalue weighted by Gasteiger charge is 2.32. The lowest BCUT2D eigenvalue weighted by Crippen LogP contribution is -2.48. The average molecular weight is 298 g/mol. The Morgan fingerprint density at radius 2 is 2.10 bits per heavy atom. The van der Waals surface area contributed by atoms with E-state index in [0.29, 0.717) is 18.7 Å². The predicted molar refractivity (Wildman–Crippen MR) is 79.9 cm³/mol. The number of aliphatic hydroxyl groups excluding tert-OH is 1. The van der Waals surface area contributed by atoms with Gasteiger partial charge in [0.2, 0.25) is 0 Å². The second kappa shape index (κ2) is 6.11. The summed E-state index contributed by atoms with van der Waals surface area (Å²) in [5.74, 6) is 0. The molecule has 0 aliphatic carbocycles. The van der Waals surface area contributed by atoms with Gasteiger partial charge in [-0.2, -0.15) is 12.7 Å². The molecule has 1 fully saturated rings. The fraction of sp³-hybridized carbons (Fsp3) is 0.571. The summed E-state index contributed by atoms with van der Waals surface area (Å²) in [5.41, 5.74) is 2.57. The van der Waals surface area contributed by atoms with Crippen molar-refractivity contribution in [1.82, 2.24) is 4.31 Å². The van der Waals surface area contributed by atoms with E-state index in [0.717, 1.165) is 24.0 Å². The number of anilines is 1. The van der Waals surface area contributed by atoms with Gasteiger partial charge in [0, 0.05) is 12.6 Å². The lowest BCUT2D eigenvalue weighted by molar-refractivity contribution is 0.156. The number of aliphatic hydroxyl groups is 1. The van der Waals surface area contributed by atoms with Crippen molar-refractivity contribution in [2.24, 2.45) is 0 Å². The molecule has 0 aromatic heterocycles. The molecule has 0 radical (unpaired) electrons. The zero-order chi connectivity index (χ0) is 14.8. The van der Waals surface area contributed by atoms with Gasteiger partial charge in [-0.15, -0.1) is 0 Å². The first-order chi connectivity index (χ1) is 9.45. The van der Waals surface area contributed by atoms with Crippen molar-refractivity contribution in [3.63, 3.8) is 0 Å². The molecule has 2 N–H and O–H groups in total. The van der Waals surface area contributed by atoms with E-state index in [4.69, 9.17) is 0 Å². The van der Waals surface area contributed by atoms with E-state index in [-0.39, 0.29) is 12.6 Å². The molecule has 1 unspecified atom stereocenters. The normalized spacial score (nSPS) is 20.9. The van der Waals surface area contributed by atoms with Crippen molar-refractivity contribution >= 4 is 15.9 Å². The van der Waals surface area contributed by atoms with Gasteiger partial charge in [0.1, 0.15) is 0 Å². The van der Waals surface area contributed by atoms with Crippen LogP contribution in [0.3, 0.4) is 0 Å². The summed E-state index contributed by atoms with van der Waals surface area (Å²) in [7, 11) is -3.61. The molecule has 1 aromatic rings. The Kier molecular flexibility index (Phi) is 4.67. The monoisotopic (exact) mass is 298 g/mol. The maximum Gasteiger partial charge on any atom is 0.301 e. The molecule has 2 rings (SSSR count). The summed E-state index contributed by atoms with van der Waals surface area (Å²) in [4.78, 5) is 0. The predicted octanol–water partition coefficient (Wildman–Crippen LogP) is 1.81. The molecule has 112 valence electrons. The van der Waals surface area contributed by atoms with Crippen LogP contribution in [0, 0.1) is 13.8 Å². The van der Waals surface area contributed by atoms with Crippen molar-refractivity contribution < 1.29 is 13.5 Å². The SMILES string of the molecule is Cc1cccc(NS(=O)(=O)N2CCCCC2CO)c1C. The van der Waals surface area contributed by atoms with Crippen LogP contribution in [0.4, 0.5) is 5.69 Å². The molecule has 1 aromatic carbocycles. The van der Waals surface area contributed by atoms with Crippen LogP contribution in [-0.4, -0.2) is 37.0 Å². The number of rotatable bonds is 4. The van der Waals surface area contributed by atoms with Crippen molar-refractivity contribution in [2.75, 3.05) is 17.9 Å². The maximum absolute atomic E-state index is 12.5. The van der Waals surface area contributed by atoms with E-state index >= 15 is 0 Å². The molecule has 1 aliphatic heterocycles. The van der Waals surface area contributed by atoms with Crippen molar-refractivity contribution in [3.8, 4) is 0 Å². The number of benzene rings is 1. The van der Waals surface area contributed by atoms with Gasteiger partial charge in [0.25, 0.3) is 0 Å². The highest BCUT2D eigenvalue weighted by Crippen LogP contribution is 2.24. The largest absolute Gasteiger partial charge is 0.395 e. The van der Waals surface area contributed by atoms with E-state index in [2.05, 4.69) is 4.72 Å². The zero-order valence-electron chi connectivity index (χ0n) is 12.0. The fourth-order valence-corrected chi connectivity index (χ4v) is 4.08. The number of hydrogen-bond donors (Lipinski definition) is 2. The van der Waals surface area contributed by atoms with Crippen LogP contribution >= 0.6 is 0 Å². The number of nitrogens with zero attached hydrogens (tertiary/aromatic N) is 1. The van der Waals surface area contributed by atoms with Crippen LogP contribution in [0.1, 0.15) is 30.4 Å². The lowest BCUT2D eigenvalue weighted by Gasteiger charge is -2.33. The van der Waals surface area contributed by atoms with Crippen LogP contribution in [0.15, 0.2) is 18.2 Å². The topological polar surface area (TPSA) is 69.6 Å². The minimum atomic E-state index is -3.61. The summed E-state index contributed by atoms with van der Waals surface area (Å²) in [6.45, 7) is 4.18. The summed E-state index contributed by atoms with van der Waals surface area (Å²) >= 11 is 0. The Bertz CT molecular complexity index is 572. The Morgan fingerprint density at radius 3 is 2.80 bits per heavy atom. The minimum Gasteiger partial charge on any atom is -0.395 e. The third-order valence-electron chi connectivity index (χ3n) is 3.94. The van der Waals surface area contributed by atoms with Crippen LogP contribution in [-0.2, 0) is 10.2 Å². The molecule has 20 heavy (non-hydrogen) atoms. The molecule has 1 atom stereocenters. The summed E-state index contributed by atoms with van der Waals surface area (Å²) in [6, 6.07) is 5.23. The van der Waals surface area contributed by atoms with E-state index in [9.17, 15) is 13.5 Å². The first-order valence-corrected chi connectivity index (χ1v) is 8.36. The minimum absolute atomic E-state index is 0.131. The molecule has 0 spiro atoms. The summed E-state index contributed by atoms with van der Waals surface area (Å²) < 4.78 is 29.0. The molecule has 1 heterocycles. The van der Waals surface area contributed by atoms with E-state index in [1.807, 2.05) is 26.0 Å². The third-order valence-corrected chi connectivity index (χ3v) is 5.51. The molecule has 1 saturated heterocycles. The van der Waals surface area contributed by atoms with Gasteiger partial charge in [0.05, 0.1) is 12.3 Å². The van der Waals surface area contributed by atoms with Crippen molar-refractivity contribution in [2.45, 2.75) is 39.2 Å². The Labute approximate surface area is 120 Å². The van der Waals surface area contributed by atoms with Crippen molar-refractivity contribution in [3.05, 3.63) is 29.3 Å². The zero-order valence-corrected chi connectivity index (χ0v) is 12.8. The van der Waals surface area contributed by atoms with Crippen molar-refractivity contribution in [1.29, 1.82) is 0 Å². The van der Waals surface area contributed by atoms with Gasteiger partial charge in [-0.3, -0.25) is 4.72 Å². The number of aryl methyl sites for hydroxylation is 1. The van der Waals surface area contributed by atoms with Crippen LogP contribution in [0.25, 0.3) is 0 Å². The molecular weight excluding hydrogens is 276 g/mol. The van der Waals surface area contributed by atoms with E-state index < -0.39 is 10.2 Å². The molecule has 1 aliphatic rings. The smallest absolute Gasteiger partial charge is 0.301 e. The molecule has 0 amide bonds. The van der Waals surface area contributed by atoms with Crippen LogP contribution in [0.2, 0.25) is 0 Å². The average Bonchev–Trinajstić information content (AvgIpc) is 2.43. The van der Waals surface area contributed by atoms with Gasteiger partial charge in [-0.05, 0) is 43.9 Å². The highest BCUT2D eigenvalue weighted by atomic mass is 32.2. The summed E-state index contributed by atoms with van der Waals surface area (Å²) in [6.07, 6.45) is 2.51.